The van der Waals surface area contributed by atoms with E-state index < -0.39 is 67.8 Å². The van der Waals surface area contributed by atoms with Gasteiger partial charge in [-0.05, 0) is 74.9 Å². The summed E-state index contributed by atoms with van der Waals surface area (Å²) in [6, 6.07) is 7.52. The number of imidazole rings is 3. The van der Waals surface area contributed by atoms with Gasteiger partial charge in [0.1, 0.15) is 53.6 Å². The first kappa shape index (κ1) is 57.0. The number of carboxylic acid groups (broad SMARTS) is 1. The molecule has 3 saturated carbocycles. The molecule has 0 atom stereocenters. The van der Waals surface area contributed by atoms with Gasteiger partial charge in [0.25, 0.3) is 18.8 Å². The zero-order valence-corrected chi connectivity index (χ0v) is 43.5. The molecular formula is C51H40Cl3F3N11O12+. The van der Waals surface area contributed by atoms with Crippen molar-refractivity contribution >= 4 is 91.2 Å². The third kappa shape index (κ3) is 12.9. The van der Waals surface area contributed by atoms with Crippen LogP contribution in [-0.4, -0.2) is 89.6 Å². The number of carbonyl (C=O) groups is 4. The molecule has 0 aliphatic heterocycles. The molecule has 412 valence electrons. The van der Waals surface area contributed by atoms with Gasteiger partial charge in [-0.3, -0.25) is 48.8 Å². The highest BCUT2D eigenvalue weighted by molar-refractivity contribution is 6.32. The van der Waals surface area contributed by atoms with Gasteiger partial charge in [-0.15, -0.1) is 0 Å². The number of nitrogens with zero attached hydrogens (tertiary/aromatic N) is 10. The SMILES string of the molecule is C[N+](=O)[O-].O=C(C[N+](=O)[O-])c1cn(C2CC2)c2cc(Cl)c(F)cc2c1=O.O=C(O)c1cn(C2CC2)c2cc(Cl)c(F)cc2c1=O.O=C(c1cn(C2CC2)c2cc(Cl)c(F)cc2c1=O)n1ccnc1.O=C(n1ccnc1)n1cc[nH+]c1. The maximum absolute atomic E-state index is 13.8. The number of rotatable bonds is 8. The molecule has 23 nitrogen and oxygen atoms in total. The average Bonchev–Trinajstić information content (AvgIpc) is 4.42. The number of benzene rings is 3. The van der Waals surface area contributed by atoms with E-state index in [1.54, 1.807) is 46.4 Å². The molecule has 3 aliphatic rings. The lowest BCUT2D eigenvalue weighted by Gasteiger charge is -2.13. The van der Waals surface area contributed by atoms with Gasteiger partial charge >= 0.3 is 12.0 Å². The maximum Gasteiger partial charge on any atom is 0.425 e. The fourth-order valence-corrected chi connectivity index (χ4v) is 8.61. The molecule has 0 radical (unpaired) electrons. The number of H-pyrrole nitrogens is 1. The van der Waals surface area contributed by atoms with Gasteiger partial charge in [0.15, 0.2) is 7.05 Å². The number of pyridine rings is 3. The summed E-state index contributed by atoms with van der Waals surface area (Å²) in [6.45, 7) is -0.971. The first-order valence-electron chi connectivity index (χ1n) is 23.7. The topological polar surface area (TPSA) is 295 Å². The number of carboxylic acids is 1. The van der Waals surface area contributed by atoms with Crippen molar-refractivity contribution in [1.29, 1.82) is 0 Å². The summed E-state index contributed by atoms with van der Waals surface area (Å²) in [7, 11) is 0.889. The van der Waals surface area contributed by atoms with Crippen LogP contribution in [0, 0.1) is 37.7 Å². The van der Waals surface area contributed by atoms with Crippen molar-refractivity contribution in [3.05, 3.63) is 211 Å². The van der Waals surface area contributed by atoms with Gasteiger partial charge in [0, 0.05) is 87.5 Å². The van der Waals surface area contributed by atoms with E-state index in [9.17, 15) is 56.8 Å². The van der Waals surface area contributed by atoms with Crippen LogP contribution >= 0.6 is 34.8 Å². The number of carbonyl (C=O) groups excluding carboxylic acids is 3. The number of hydrogen-bond donors (Lipinski definition) is 1. The van der Waals surface area contributed by atoms with Gasteiger partial charge < -0.3 is 18.8 Å². The van der Waals surface area contributed by atoms with Crippen LogP contribution in [0.3, 0.4) is 0 Å². The zero-order valence-electron chi connectivity index (χ0n) is 41.3. The Kier molecular flexibility index (Phi) is 17.0. The fraction of sp³-hybridized carbons (Fsp3) is 0.216. The number of ketones is 1. The predicted octanol–water partition coefficient (Wildman–Crippen LogP) is 8.34. The van der Waals surface area contributed by atoms with Crippen LogP contribution < -0.4 is 21.3 Å². The molecule has 2 N–H and O–H groups in total. The van der Waals surface area contributed by atoms with E-state index in [0.29, 0.717) is 16.6 Å². The third-order valence-corrected chi connectivity index (χ3v) is 13.2. The van der Waals surface area contributed by atoms with Crippen molar-refractivity contribution in [2.75, 3.05) is 13.6 Å². The van der Waals surface area contributed by atoms with Crippen molar-refractivity contribution in [3.63, 3.8) is 0 Å². The number of halogens is 6. The number of Topliss-reactive ketones (excluding diaryl/α,β-unsaturated/α-hetero) is 1. The maximum atomic E-state index is 13.8. The molecule has 0 saturated heterocycles. The molecule has 3 aliphatic carbocycles. The zero-order chi connectivity index (χ0) is 57.9. The van der Waals surface area contributed by atoms with E-state index in [4.69, 9.17) is 50.0 Å². The number of hydrogen-bond acceptors (Lipinski definition) is 13. The largest absolute Gasteiger partial charge is 0.477 e. The van der Waals surface area contributed by atoms with Crippen molar-refractivity contribution in [2.24, 2.45) is 0 Å². The van der Waals surface area contributed by atoms with Gasteiger partial charge in [0.05, 0.1) is 37.2 Å². The summed E-state index contributed by atoms with van der Waals surface area (Å²) < 4.78 is 50.2. The Hall–Kier alpha value is -9.14. The van der Waals surface area contributed by atoms with Crippen LogP contribution in [0.1, 0.15) is 87.7 Å². The Morgan fingerprint density at radius 2 is 1.01 bits per heavy atom. The van der Waals surface area contributed by atoms with Gasteiger partial charge in [-0.1, -0.05) is 34.8 Å². The molecule has 0 unspecified atom stereocenters. The Labute approximate surface area is 460 Å². The third-order valence-electron chi connectivity index (χ3n) is 12.3. The normalized spacial score (nSPS) is 13.4. The lowest BCUT2D eigenvalue weighted by molar-refractivity contribution is -0.465. The van der Waals surface area contributed by atoms with Crippen LogP contribution in [0.4, 0.5) is 18.0 Å². The molecule has 12 rings (SSSR count). The van der Waals surface area contributed by atoms with Crippen molar-refractivity contribution in [3.8, 4) is 0 Å². The lowest BCUT2D eigenvalue weighted by Crippen LogP contribution is -2.24. The number of aromatic amines is 1. The molecule has 3 fully saturated rings. The quantitative estimate of drug-likeness (QED) is 0.0850. The van der Waals surface area contributed by atoms with E-state index in [-0.39, 0.29) is 72.1 Å². The summed E-state index contributed by atoms with van der Waals surface area (Å²) in [6.07, 6.45) is 23.4. The summed E-state index contributed by atoms with van der Waals surface area (Å²) in [5.74, 6) is -4.85. The molecule has 29 heteroatoms. The molecule has 0 bridgehead atoms. The molecule has 0 amide bonds. The van der Waals surface area contributed by atoms with E-state index in [1.165, 1.54) is 69.3 Å². The van der Waals surface area contributed by atoms with Crippen LogP contribution in [0.25, 0.3) is 32.7 Å². The minimum absolute atomic E-state index is 0.00278. The van der Waals surface area contributed by atoms with Crippen LogP contribution in [0.15, 0.2) is 126 Å². The highest BCUT2D eigenvalue weighted by Crippen LogP contribution is 2.40. The summed E-state index contributed by atoms with van der Waals surface area (Å²) in [4.78, 5) is 112. The predicted molar refractivity (Wildman–Crippen MR) is 282 cm³/mol. The molecule has 3 aromatic carbocycles. The summed E-state index contributed by atoms with van der Waals surface area (Å²) >= 11 is 17.3. The highest BCUT2D eigenvalue weighted by atomic mass is 35.5. The van der Waals surface area contributed by atoms with Crippen molar-refractivity contribution in [2.45, 2.75) is 56.7 Å². The van der Waals surface area contributed by atoms with E-state index in [0.717, 1.165) is 63.8 Å². The Morgan fingerprint density at radius 3 is 1.38 bits per heavy atom. The number of aromatic carboxylic acids is 1. The van der Waals surface area contributed by atoms with Gasteiger partial charge in [-0.25, -0.2) is 42.3 Å². The van der Waals surface area contributed by atoms with E-state index in [1.807, 2.05) is 4.57 Å². The van der Waals surface area contributed by atoms with Crippen LogP contribution in [0.2, 0.25) is 15.1 Å². The molecule has 9 aromatic rings. The molecular weight excluding hydrogens is 1120 g/mol. The minimum Gasteiger partial charge on any atom is -0.477 e. The number of nitro groups is 2. The monoisotopic (exact) mass is 1160 g/mol. The van der Waals surface area contributed by atoms with Crippen LogP contribution in [0.5, 0.6) is 0 Å². The second-order valence-corrected chi connectivity index (χ2v) is 19.3. The van der Waals surface area contributed by atoms with Crippen LogP contribution in [-0.2, 0) is 0 Å². The fourth-order valence-electron chi connectivity index (χ4n) is 8.14. The number of nitrogens with one attached hydrogen (secondary N) is 1. The molecule has 6 aromatic heterocycles. The van der Waals surface area contributed by atoms with Gasteiger partial charge in [-0.2, -0.15) is 4.57 Å². The average molecular weight is 1160 g/mol. The number of aromatic nitrogens is 9. The Morgan fingerprint density at radius 1 is 0.625 bits per heavy atom. The smallest absolute Gasteiger partial charge is 0.425 e. The first-order chi connectivity index (χ1) is 38.0. The van der Waals surface area contributed by atoms with E-state index >= 15 is 0 Å². The summed E-state index contributed by atoms with van der Waals surface area (Å²) in [5, 5.41) is 28.3. The molecule has 80 heavy (non-hydrogen) atoms. The van der Waals surface area contributed by atoms with Crippen molar-refractivity contribution in [1.82, 2.24) is 37.4 Å². The van der Waals surface area contributed by atoms with E-state index in [2.05, 4.69) is 15.0 Å². The van der Waals surface area contributed by atoms with Gasteiger partial charge in [0.2, 0.25) is 22.1 Å². The second kappa shape index (κ2) is 23.8. The minimum atomic E-state index is -1.31. The first-order valence-corrected chi connectivity index (χ1v) is 24.8. The molecule has 6 heterocycles. The highest BCUT2D eigenvalue weighted by Gasteiger charge is 2.31. The second-order valence-electron chi connectivity index (χ2n) is 18.1. The standard InChI is InChI=1S/C16H11ClFN3O2.C14H10ClFN2O4.C13H9ClFNO3.C7H6N4O.CH3NO2/c17-12-6-14-10(5-13(12)18)15(22)11(7-21(14)9-1-2-9)16(23)20-4-3-19-8-20;15-10-4-12-8(3-11(10)16)14(20)9(13(19)6-18(21)22)5-17(12)7-1-2-7;14-9-4-11-7(3-10(9)15)12(17)8(13(18)19)5-16(11)6-1-2-6;12-7(10-3-1-8-5-10)11-4-2-9-6-11;1-2(3)4/h3-9H,1-2H2;3-5,7H,1-2,6H2;3-6H,1-2H2,(H,18,19);1-6H;1H3/p+1. The Bertz CT molecular complexity index is 4080. The number of fused-ring (bicyclic) bond motifs is 3. The Balaban J connectivity index is 0.000000140. The summed E-state index contributed by atoms with van der Waals surface area (Å²) in [5.41, 5.74) is -1.11. The molecule has 0 spiro atoms. The van der Waals surface area contributed by atoms with Crippen molar-refractivity contribution < 1.29 is 52.3 Å². The lowest BCUT2D eigenvalue weighted by atomic mass is 10.1.